The molecule has 0 radical (unpaired) electrons. The second-order valence-corrected chi connectivity index (χ2v) is 8.05. The Kier molecular flexibility index (Phi) is 7.84. The Hall–Kier alpha value is -3.12. The van der Waals surface area contributed by atoms with E-state index in [9.17, 15) is 9.59 Å². The van der Waals surface area contributed by atoms with E-state index in [1.165, 1.54) is 6.08 Å². The zero-order valence-corrected chi connectivity index (χ0v) is 18.5. The molecule has 2 aromatic rings. The quantitative estimate of drug-likeness (QED) is 0.699. The first-order chi connectivity index (χ1) is 15.0. The highest BCUT2D eigenvalue weighted by Crippen LogP contribution is 2.26. The largest absolute Gasteiger partial charge is 0.491 e. The zero-order chi connectivity index (χ0) is 22.2. The maximum Gasteiger partial charge on any atom is 0.246 e. The van der Waals surface area contributed by atoms with E-state index in [1.807, 2.05) is 73.6 Å². The van der Waals surface area contributed by atoms with Gasteiger partial charge in [0, 0.05) is 25.1 Å². The molecule has 0 saturated carbocycles. The number of benzene rings is 2. The smallest absolute Gasteiger partial charge is 0.246 e. The molecule has 0 unspecified atom stereocenters. The summed E-state index contributed by atoms with van der Waals surface area (Å²) in [6.07, 6.45) is 3.55. The van der Waals surface area contributed by atoms with Crippen LogP contribution in [0.1, 0.15) is 18.1 Å². The SMILES string of the molecule is C/C=C/C(=O)N[C@H](Cc1ccccc1)C(=O)N1Cc2ccccc2OC[C@@H]1CN(C)C. The van der Waals surface area contributed by atoms with Gasteiger partial charge in [0.25, 0.3) is 0 Å². The first-order valence-corrected chi connectivity index (χ1v) is 10.6. The Morgan fingerprint density at radius 2 is 1.87 bits per heavy atom. The molecule has 1 heterocycles. The maximum absolute atomic E-state index is 13.8. The van der Waals surface area contributed by atoms with Crippen molar-refractivity contribution in [3.63, 3.8) is 0 Å². The Morgan fingerprint density at radius 1 is 1.16 bits per heavy atom. The molecule has 0 saturated heterocycles. The fourth-order valence-electron chi connectivity index (χ4n) is 3.82. The first kappa shape index (κ1) is 22.6. The summed E-state index contributed by atoms with van der Waals surface area (Å²) in [5.74, 6) is 0.431. The zero-order valence-electron chi connectivity index (χ0n) is 18.5. The topological polar surface area (TPSA) is 61.9 Å². The van der Waals surface area contributed by atoms with Crippen LogP contribution in [0.4, 0.5) is 0 Å². The molecule has 0 aromatic heterocycles. The highest BCUT2D eigenvalue weighted by Gasteiger charge is 2.33. The number of hydrogen-bond acceptors (Lipinski definition) is 4. The van der Waals surface area contributed by atoms with Crippen molar-refractivity contribution in [2.24, 2.45) is 0 Å². The van der Waals surface area contributed by atoms with Gasteiger partial charge in [0.15, 0.2) is 0 Å². The second kappa shape index (κ2) is 10.8. The molecule has 31 heavy (non-hydrogen) atoms. The number of carbonyl (C=O) groups excluding carboxylic acids is 2. The average molecular weight is 422 g/mol. The monoisotopic (exact) mass is 421 g/mol. The van der Waals surface area contributed by atoms with Crippen molar-refractivity contribution in [2.75, 3.05) is 27.2 Å². The van der Waals surface area contributed by atoms with Crippen molar-refractivity contribution in [1.29, 1.82) is 0 Å². The fourth-order valence-corrected chi connectivity index (χ4v) is 3.82. The highest BCUT2D eigenvalue weighted by atomic mass is 16.5. The van der Waals surface area contributed by atoms with E-state index in [-0.39, 0.29) is 17.9 Å². The van der Waals surface area contributed by atoms with Crippen LogP contribution in [-0.2, 0) is 22.6 Å². The van der Waals surface area contributed by atoms with Crippen LogP contribution in [-0.4, -0.2) is 60.9 Å². The number of likely N-dealkylation sites (N-methyl/N-ethyl adjacent to an activating group) is 1. The molecule has 0 spiro atoms. The Morgan fingerprint density at radius 3 is 2.58 bits per heavy atom. The van der Waals surface area contributed by atoms with Gasteiger partial charge in [-0.25, -0.2) is 0 Å². The first-order valence-electron chi connectivity index (χ1n) is 10.6. The predicted octanol–water partition coefficient (Wildman–Crippen LogP) is 2.64. The summed E-state index contributed by atoms with van der Waals surface area (Å²) in [6.45, 7) is 3.30. The molecule has 1 N–H and O–H groups in total. The van der Waals surface area contributed by atoms with Crippen LogP contribution in [0.5, 0.6) is 5.75 Å². The Labute approximate surface area is 184 Å². The second-order valence-electron chi connectivity index (χ2n) is 8.05. The molecular formula is C25H31N3O3. The van der Waals surface area contributed by atoms with Gasteiger partial charge < -0.3 is 19.9 Å². The van der Waals surface area contributed by atoms with Crippen molar-refractivity contribution >= 4 is 11.8 Å². The van der Waals surface area contributed by atoms with Gasteiger partial charge in [-0.2, -0.15) is 0 Å². The number of nitrogens with zero attached hydrogens (tertiary/aromatic N) is 2. The number of ether oxygens (including phenoxy) is 1. The van der Waals surface area contributed by atoms with Crippen molar-refractivity contribution in [2.45, 2.75) is 32.0 Å². The number of nitrogens with one attached hydrogen (secondary N) is 1. The normalized spacial score (nSPS) is 17.0. The van der Waals surface area contributed by atoms with Gasteiger partial charge in [-0.3, -0.25) is 9.59 Å². The van der Waals surface area contributed by atoms with Crippen molar-refractivity contribution in [3.8, 4) is 5.75 Å². The van der Waals surface area contributed by atoms with Crippen LogP contribution in [0.25, 0.3) is 0 Å². The van der Waals surface area contributed by atoms with Crippen LogP contribution in [0.2, 0.25) is 0 Å². The van der Waals surface area contributed by atoms with E-state index < -0.39 is 6.04 Å². The maximum atomic E-state index is 13.8. The number of amides is 2. The summed E-state index contributed by atoms with van der Waals surface area (Å²) in [7, 11) is 3.96. The molecule has 1 aliphatic heterocycles. The lowest BCUT2D eigenvalue weighted by atomic mass is 10.0. The van der Waals surface area contributed by atoms with E-state index in [2.05, 4.69) is 10.2 Å². The lowest BCUT2D eigenvalue weighted by molar-refractivity contribution is -0.139. The molecule has 2 aromatic carbocycles. The number of hydrogen-bond donors (Lipinski definition) is 1. The van der Waals surface area contributed by atoms with Crippen molar-refractivity contribution in [1.82, 2.24) is 15.1 Å². The molecule has 0 fully saturated rings. The van der Waals surface area contributed by atoms with Crippen LogP contribution in [0.15, 0.2) is 66.7 Å². The highest BCUT2D eigenvalue weighted by molar-refractivity contribution is 5.93. The van der Waals surface area contributed by atoms with Gasteiger partial charge in [0.2, 0.25) is 11.8 Å². The molecule has 0 aliphatic carbocycles. The Bertz CT molecular complexity index is 911. The number of para-hydroxylation sites is 1. The third-order valence-corrected chi connectivity index (χ3v) is 5.26. The van der Waals surface area contributed by atoms with E-state index in [1.54, 1.807) is 13.0 Å². The Balaban J connectivity index is 1.91. The summed E-state index contributed by atoms with van der Waals surface area (Å²) in [4.78, 5) is 30.1. The molecular weight excluding hydrogens is 390 g/mol. The molecule has 6 heteroatoms. The summed E-state index contributed by atoms with van der Waals surface area (Å²) in [6, 6.07) is 16.8. The summed E-state index contributed by atoms with van der Waals surface area (Å²) >= 11 is 0. The van der Waals surface area contributed by atoms with E-state index in [0.29, 0.717) is 26.1 Å². The predicted molar refractivity (Wildman–Crippen MR) is 122 cm³/mol. The number of rotatable bonds is 7. The van der Waals surface area contributed by atoms with E-state index >= 15 is 0 Å². The third kappa shape index (κ3) is 6.18. The van der Waals surface area contributed by atoms with Crippen LogP contribution in [0, 0.1) is 0 Å². The minimum absolute atomic E-state index is 0.103. The van der Waals surface area contributed by atoms with Crippen LogP contribution in [0.3, 0.4) is 0 Å². The summed E-state index contributed by atoms with van der Waals surface area (Å²) in [5, 5.41) is 2.91. The fraction of sp³-hybridized carbons (Fsp3) is 0.360. The molecule has 0 bridgehead atoms. The lowest BCUT2D eigenvalue weighted by Crippen LogP contribution is -2.55. The van der Waals surface area contributed by atoms with Gasteiger partial charge in [-0.15, -0.1) is 0 Å². The summed E-state index contributed by atoms with van der Waals surface area (Å²) in [5.41, 5.74) is 1.97. The molecule has 1 aliphatic rings. The van der Waals surface area contributed by atoms with Crippen LogP contribution < -0.4 is 10.1 Å². The van der Waals surface area contributed by atoms with Gasteiger partial charge in [-0.1, -0.05) is 54.6 Å². The van der Waals surface area contributed by atoms with Gasteiger partial charge in [0.05, 0.1) is 6.04 Å². The molecule has 2 atom stereocenters. The molecule has 164 valence electrons. The van der Waals surface area contributed by atoms with E-state index in [0.717, 1.165) is 16.9 Å². The van der Waals surface area contributed by atoms with E-state index in [4.69, 9.17) is 4.74 Å². The van der Waals surface area contributed by atoms with Gasteiger partial charge >= 0.3 is 0 Å². The molecule has 2 amide bonds. The molecule has 6 nitrogen and oxygen atoms in total. The molecule has 3 rings (SSSR count). The van der Waals surface area contributed by atoms with Crippen molar-refractivity contribution < 1.29 is 14.3 Å². The minimum atomic E-state index is -0.666. The minimum Gasteiger partial charge on any atom is -0.491 e. The summed E-state index contributed by atoms with van der Waals surface area (Å²) < 4.78 is 6.04. The number of fused-ring (bicyclic) bond motifs is 1. The lowest BCUT2D eigenvalue weighted by Gasteiger charge is -2.34. The van der Waals surface area contributed by atoms with Gasteiger partial charge in [0.1, 0.15) is 18.4 Å². The van der Waals surface area contributed by atoms with Crippen molar-refractivity contribution in [3.05, 3.63) is 77.9 Å². The van der Waals surface area contributed by atoms with Gasteiger partial charge in [-0.05, 0) is 38.7 Å². The average Bonchev–Trinajstić information content (AvgIpc) is 2.93. The standard InChI is InChI=1S/C25H31N3O3/c1-4-10-24(29)26-22(15-19-11-6-5-7-12-19)25(30)28-16-20-13-8-9-14-23(20)31-18-21(28)17-27(2)3/h4-14,21-22H,15-18H2,1-3H3,(H,26,29)/b10-4+/t21-,22+/m0/s1. The number of carbonyl (C=O) groups is 2. The third-order valence-electron chi connectivity index (χ3n) is 5.26. The number of allylic oxidation sites excluding steroid dienone is 1. The van der Waals surface area contributed by atoms with Crippen LogP contribution >= 0.6 is 0 Å².